The van der Waals surface area contributed by atoms with E-state index in [1.165, 1.54) is 5.69 Å². The molecular formula is C13H20N2O2. The molecule has 0 aliphatic carbocycles. The van der Waals surface area contributed by atoms with Gasteiger partial charge in [-0.3, -0.25) is 0 Å². The molecule has 4 nitrogen and oxygen atoms in total. The Morgan fingerprint density at radius 2 is 2.00 bits per heavy atom. The first-order chi connectivity index (χ1) is 8.12. The number of anilines is 1. The summed E-state index contributed by atoms with van der Waals surface area (Å²) in [6.45, 7) is 8.19. The average molecular weight is 236 g/mol. The van der Waals surface area contributed by atoms with Gasteiger partial charge in [-0.05, 0) is 44.5 Å². The second kappa shape index (κ2) is 6.13. The van der Waals surface area contributed by atoms with Gasteiger partial charge in [0.15, 0.2) is 0 Å². The number of nitrogens with zero attached hydrogens (tertiary/aromatic N) is 1. The van der Waals surface area contributed by atoms with Crippen molar-refractivity contribution < 1.29 is 9.53 Å². The molecule has 0 atom stereocenters. The fourth-order valence-electron chi connectivity index (χ4n) is 1.77. The minimum absolute atomic E-state index is 0.444. The Morgan fingerprint density at radius 3 is 2.47 bits per heavy atom. The Morgan fingerprint density at radius 1 is 1.35 bits per heavy atom. The summed E-state index contributed by atoms with van der Waals surface area (Å²) < 4.78 is 5.08. The Bertz CT molecular complexity index is 387. The Kier molecular flexibility index (Phi) is 4.82. The van der Waals surface area contributed by atoms with Gasteiger partial charge in [0.1, 0.15) is 5.75 Å². The zero-order valence-electron chi connectivity index (χ0n) is 10.9. The maximum absolute atomic E-state index is 11.1. The fourth-order valence-corrected chi connectivity index (χ4v) is 1.77. The maximum Gasteiger partial charge on any atom is 0.412 e. The molecule has 1 aromatic rings. The molecule has 1 aromatic carbocycles. The number of hydrogen-bond donors (Lipinski definition) is 1. The smallest absolute Gasteiger partial charge is 0.410 e. The van der Waals surface area contributed by atoms with Crippen molar-refractivity contribution in [3.8, 4) is 5.75 Å². The molecule has 0 saturated heterocycles. The zero-order chi connectivity index (χ0) is 12.8. The first-order valence-electron chi connectivity index (χ1n) is 5.87. The van der Waals surface area contributed by atoms with Crippen LogP contribution in [-0.2, 0) is 0 Å². The van der Waals surface area contributed by atoms with Crippen molar-refractivity contribution in [1.82, 2.24) is 5.32 Å². The van der Waals surface area contributed by atoms with E-state index in [1.54, 1.807) is 7.05 Å². The largest absolute Gasteiger partial charge is 0.412 e. The summed E-state index contributed by atoms with van der Waals surface area (Å²) in [5, 5.41) is 2.42. The Labute approximate surface area is 103 Å². The van der Waals surface area contributed by atoms with Crippen LogP contribution in [0.15, 0.2) is 18.2 Å². The van der Waals surface area contributed by atoms with Crippen molar-refractivity contribution >= 4 is 11.8 Å². The van der Waals surface area contributed by atoms with Crippen molar-refractivity contribution in [3.05, 3.63) is 23.8 Å². The van der Waals surface area contributed by atoms with Gasteiger partial charge in [-0.15, -0.1) is 0 Å². The van der Waals surface area contributed by atoms with Crippen molar-refractivity contribution in [2.45, 2.75) is 20.8 Å². The van der Waals surface area contributed by atoms with Crippen molar-refractivity contribution in [2.75, 3.05) is 25.0 Å². The number of rotatable bonds is 4. The molecule has 0 radical (unpaired) electrons. The van der Waals surface area contributed by atoms with E-state index < -0.39 is 6.09 Å². The van der Waals surface area contributed by atoms with E-state index in [4.69, 9.17) is 4.74 Å². The molecule has 0 unspecified atom stereocenters. The minimum atomic E-state index is -0.444. The highest BCUT2D eigenvalue weighted by Crippen LogP contribution is 2.24. The summed E-state index contributed by atoms with van der Waals surface area (Å²) in [5.74, 6) is 0.567. The second-order valence-electron chi connectivity index (χ2n) is 3.76. The molecule has 1 N–H and O–H groups in total. The number of benzene rings is 1. The van der Waals surface area contributed by atoms with Crippen molar-refractivity contribution in [3.63, 3.8) is 0 Å². The van der Waals surface area contributed by atoms with Crippen LogP contribution in [0.1, 0.15) is 19.4 Å². The summed E-state index contributed by atoms with van der Waals surface area (Å²) in [4.78, 5) is 13.3. The van der Waals surface area contributed by atoms with E-state index in [9.17, 15) is 4.79 Å². The molecule has 94 valence electrons. The van der Waals surface area contributed by atoms with Crippen LogP contribution >= 0.6 is 0 Å². The number of carbonyl (C=O) groups is 1. The molecule has 0 fully saturated rings. The van der Waals surface area contributed by atoms with Gasteiger partial charge in [0.05, 0.1) is 0 Å². The number of aryl methyl sites for hydroxylation is 1. The van der Waals surface area contributed by atoms with E-state index in [1.807, 2.05) is 25.1 Å². The lowest BCUT2D eigenvalue weighted by Gasteiger charge is -2.23. The van der Waals surface area contributed by atoms with Gasteiger partial charge in [0.2, 0.25) is 0 Å². The fraction of sp³-hybridized carbons (Fsp3) is 0.462. The van der Waals surface area contributed by atoms with Crippen molar-refractivity contribution in [1.29, 1.82) is 0 Å². The third-order valence-electron chi connectivity index (χ3n) is 2.69. The number of carbonyl (C=O) groups excluding carboxylic acids is 1. The van der Waals surface area contributed by atoms with Gasteiger partial charge in [0.25, 0.3) is 0 Å². The number of nitrogens with one attached hydrogen (secondary N) is 1. The first-order valence-corrected chi connectivity index (χ1v) is 5.87. The van der Waals surface area contributed by atoms with Crippen LogP contribution in [0.2, 0.25) is 0 Å². The predicted molar refractivity (Wildman–Crippen MR) is 69.8 cm³/mol. The van der Waals surface area contributed by atoms with E-state index in [2.05, 4.69) is 24.1 Å². The first kappa shape index (κ1) is 13.4. The van der Waals surface area contributed by atoms with Crippen LogP contribution in [0, 0.1) is 6.92 Å². The summed E-state index contributed by atoms with van der Waals surface area (Å²) in [6, 6.07) is 5.68. The summed E-state index contributed by atoms with van der Waals surface area (Å²) >= 11 is 0. The van der Waals surface area contributed by atoms with Gasteiger partial charge in [-0.2, -0.15) is 0 Å². The van der Waals surface area contributed by atoms with E-state index in [0.29, 0.717) is 5.75 Å². The van der Waals surface area contributed by atoms with Gasteiger partial charge in [-0.1, -0.05) is 0 Å². The van der Waals surface area contributed by atoms with E-state index in [0.717, 1.165) is 18.7 Å². The van der Waals surface area contributed by atoms with Gasteiger partial charge >= 0.3 is 6.09 Å². The lowest BCUT2D eigenvalue weighted by molar-refractivity contribution is 0.203. The van der Waals surface area contributed by atoms with Gasteiger partial charge < -0.3 is 15.0 Å². The molecule has 1 amide bonds. The third-order valence-corrected chi connectivity index (χ3v) is 2.69. The summed E-state index contributed by atoms with van der Waals surface area (Å²) in [6.07, 6.45) is -0.444. The molecule has 17 heavy (non-hydrogen) atoms. The molecule has 0 saturated carbocycles. The van der Waals surface area contributed by atoms with Crippen LogP contribution in [0.25, 0.3) is 0 Å². The molecule has 1 rings (SSSR count). The van der Waals surface area contributed by atoms with Gasteiger partial charge in [-0.25, -0.2) is 4.79 Å². The lowest BCUT2D eigenvalue weighted by atomic mass is 10.1. The molecule has 0 heterocycles. The summed E-state index contributed by atoms with van der Waals surface area (Å²) in [5.41, 5.74) is 2.29. The lowest BCUT2D eigenvalue weighted by Crippen LogP contribution is -2.23. The summed E-state index contributed by atoms with van der Waals surface area (Å²) in [7, 11) is 1.54. The minimum Gasteiger partial charge on any atom is -0.410 e. The molecule has 0 aliphatic rings. The standard InChI is InChI=1S/C13H20N2O2/c1-5-15(6-2)12-8-7-11(9-10(12)3)17-13(16)14-4/h7-9H,5-6H2,1-4H3,(H,14,16). The van der Waals surface area contributed by atoms with Crippen LogP contribution in [-0.4, -0.2) is 26.2 Å². The number of hydrogen-bond acceptors (Lipinski definition) is 3. The molecule has 0 spiro atoms. The van der Waals surface area contributed by atoms with Gasteiger partial charge in [0, 0.05) is 25.8 Å². The predicted octanol–water partition coefficient (Wildman–Crippen LogP) is 2.56. The highest BCUT2D eigenvalue weighted by molar-refractivity contribution is 5.70. The quantitative estimate of drug-likeness (QED) is 0.873. The Balaban J connectivity index is 2.89. The second-order valence-corrected chi connectivity index (χ2v) is 3.76. The zero-order valence-corrected chi connectivity index (χ0v) is 10.9. The van der Waals surface area contributed by atoms with Crippen LogP contribution in [0.5, 0.6) is 5.75 Å². The molecule has 0 aromatic heterocycles. The van der Waals surface area contributed by atoms with E-state index >= 15 is 0 Å². The normalized spacial score (nSPS) is 9.88. The highest BCUT2D eigenvalue weighted by Gasteiger charge is 2.08. The molecule has 0 bridgehead atoms. The van der Waals surface area contributed by atoms with Crippen LogP contribution in [0.3, 0.4) is 0 Å². The average Bonchev–Trinajstić information content (AvgIpc) is 2.33. The molecular weight excluding hydrogens is 216 g/mol. The third kappa shape index (κ3) is 3.37. The maximum atomic E-state index is 11.1. The molecule has 4 heteroatoms. The number of amides is 1. The monoisotopic (exact) mass is 236 g/mol. The van der Waals surface area contributed by atoms with E-state index in [-0.39, 0.29) is 0 Å². The van der Waals surface area contributed by atoms with Crippen LogP contribution in [0.4, 0.5) is 10.5 Å². The van der Waals surface area contributed by atoms with Crippen LogP contribution < -0.4 is 15.0 Å². The number of ether oxygens (including phenoxy) is 1. The van der Waals surface area contributed by atoms with Crippen molar-refractivity contribution in [2.24, 2.45) is 0 Å². The Hall–Kier alpha value is -1.71. The highest BCUT2D eigenvalue weighted by atomic mass is 16.5. The SMILES string of the molecule is CCN(CC)c1ccc(OC(=O)NC)cc1C. The molecule has 0 aliphatic heterocycles. The topological polar surface area (TPSA) is 41.6 Å².